The minimum atomic E-state index is -0.718. The van der Waals surface area contributed by atoms with Gasteiger partial charge in [0.05, 0.1) is 28.6 Å². The number of nitrogens with zero attached hydrogens (tertiary/aromatic N) is 3. The SMILES string of the molecule is CCOC(=O)/C(C#N)=C/N=C(N/N=C(/C)c1ccc(Cl)c(Cl)c1)SC. The van der Waals surface area contributed by atoms with Crippen LogP contribution < -0.4 is 5.43 Å². The first-order valence-corrected chi connectivity index (χ1v) is 9.05. The molecule has 0 atom stereocenters. The number of esters is 1. The molecule has 0 bridgehead atoms. The zero-order valence-corrected chi connectivity index (χ0v) is 16.2. The van der Waals surface area contributed by atoms with Gasteiger partial charge in [-0.1, -0.05) is 41.0 Å². The van der Waals surface area contributed by atoms with Crippen LogP contribution in [0, 0.1) is 11.3 Å². The van der Waals surface area contributed by atoms with Gasteiger partial charge in [0, 0.05) is 0 Å². The van der Waals surface area contributed by atoms with Gasteiger partial charge in [-0.3, -0.25) is 5.43 Å². The van der Waals surface area contributed by atoms with E-state index in [0.29, 0.717) is 20.9 Å². The van der Waals surface area contributed by atoms with Crippen LogP contribution in [-0.2, 0) is 9.53 Å². The summed E-state index contributed by atoms with van der Waals surface area (Å²) in [6.45, 7) is 3.63. The maximum Gasteiger partial charge on any atom is 0.350 e. The van der Waals surface area contributed by atoms with E-state index in [2.05, 4.69) is 15.5 Å². The number of thioether (sulfide) groups is 1. The molecule has 0 aliphatic heterocycles. The van der Waals surface area contributed by atoms with Crippen LogP contribution in [-0.4, -0.2) is 29.7 Å². The van der Waals surface area contributed by atoms with Crippen molar-refractivity contribution in [1.29, 1.82) is 5.26 Å². The van der Waals surface area contributed by atoms with Crippen molar-refractivity contribution in [1.82, 2.24) is 5.43 Å². The number of rotatable bonds is 5. The highest BCUT2D eigenvalue weighted by Gasteiger charge is 2.09. The van der Waals surface area contributed by atoms with Crippen LogP contribution in [0.25, 0.3) is 0 Å². The zero-order chi connectivity index (χ0) is 18.8. The number of amidine groups is 1. The Balaban J connectivity index is 2.92. The molecule has 0 unspecified atom stereocenters. The Morgan fingerprint density at radius 2 is 2.16 bits per heavy atom. The van der Waals surface area contributed by atoms with E-state index in [1.807, 2.05) is 0 Å². The summed E-state index contributed by atoms with van der Waals surface area (Å²) >= 11 is 13.1. The summed E-state index contributed by atoms with van der Waals surface area (Å²) in [6.07, 6.45) is 2.92. The van der Waals surface area contributed by atoms with Crippen LogP contribution in [0.2, 0.25) is 10.0 Å². The number of nitriles is 1. The number of halogens is 2. The standard InChI is InChI=1S/C16H16Cl2N4O2S/c1-4-24-15(23)12(8-19)9-20-16(25-3)22-21-10(2)11-5-6-13(17)14(18)7-11/h5-7,9H,4H2,1-3H3,(H,20,22)/b12-9+,21-10-. The molecular weight excluding hydrogens is 383 g/mol. The molecule has 1 rings (SSSR count). The third kappa shape index (κ3) is 6.78. The molecule has 9 heteroatoms. The normalized spacial score (nSPS) is 12.6. The Hall–Kier alpha value is -2.01. The Bertz CT molecular complexity index is 770. The molecule has 0 radical (unpaired) electrons. The number of nitrogens with one attached hydrogen (secondary N) is 1. The first-order valence-electron chi connectivity index (χ1n) is 7.07. The second kappa shape index (κ2) is 10.8. The van der Waals surface area contributed by atoms with E-state index in [1.165, 1.54) is 11.8 Å². The Morgan fingerprint density at radius 1 is 1.44 bits per heavy atom. The van der Waals surface area contributed by atoms with Crippen molar-refractivity contribution in [2.24, 2.45) is 10.1 Å². The fourth-order valence-corrected chi connectivity index (χ4v) is 2.10. The number of benzene rings is 1. The maximum absolute atomic E-state index is 11.5. The van der Waals surface area contributed by atoms with E-state index in [-0.39, 0.29) is 12.2 Å². The van der Waals surface area contributed by atoms with Crippen LogP contribution in [0.5, 0.6) is 0 Å². The highest BCUT2D eigenvalue weighted by molar-refractivity contribution is 8.13. The second-order valence-electron chi connectivity index (χ2n) is 4.45. The van der Waals surface area contributed by atoms with Crippen molar-refractivity contribution in [3.8, 4) is 6.07 Å². The van der Waals surface area contributed by atoms with Gasteiger partial charge < -0.3 is 4.74 Å². The van der Waals surface area contributed by atoms with Gasteiger partial charge in [-0.2, -0.15) is 10.4 Å². The lowest BCUT2D eigenvalue weighted by Gasteiger charge is -2.05. The van der Waals surface area contributed by atoms with Gasteiger partial charge in [0.25, 0.3) is 0 Å². The molecule has 25 heavy (non-hydrogen) atoms. The molecule has 0 spiro atoms. The largest absolute Gasteiger partial charge is 0.462 e. The molecule has 0 aliphatic rings. The fraction of sp³-hybridized carbons (Fsp3) is 0.250. The minimum Gasteiger partial charge on any atom is -0.462 e. The number of aliphatic imine (C=N–C) groups is 1. The summed E-state index contributed by atoms with van der Waals surface area (Å²) in [7, 11) is 0. The van der Waals surface area contributed by atoms with E-state index >= 15 is 0 Å². The molecule has 6 nitrogen and oxygen atoms in total. The quantitative estimate of drug-likeness (QED) is 0.202. The second-order valence-corrected chi connectivity index (χ2v) is 6.06. The lowest BCUT2D eigenvalue weighted by Crippen LogP contribution is -2.16. The number of carbonyl (C=O) groups is 1. The lowest BCUT2D eigenvalue weighted by molar-refractivity contribution is -0.138. The zero-order valence-electron chi connectivity index (χ0n) is 13.8. The molecule has 0 aromatic heterocycles. The Kier molecular flexibility index (Phi) is 9.06. The van der Waals surface area contributed by atoms with Crippen molar-refractivity contribution >= 4 is 51.8 Å². The average molecular weight is 399 g/mol. The van der Waals surface area contributed by atoms with Gasteiger partial charge in [-0.05, 0) is 37.8 Å². The number of carbonyl (C=O) groups excluding carboxylic acids is 1. The predicted octanol–water partition coefficient (Wildman–Crippen LogP) is 4.00. The van der Waals surface area contributed by atoms with Crippen molar-refractivity contribution in [2.75, 3.05) is 12.9 Å². The van der Waals surface area contributed by atoms with Crippen molar-refractivity contribution in [3.05, 3.63) is 45.6 Å². The van der Waals surface area contributed by atoms with Crippen LogP contribution in [0.3, 0.4) is 0 Å². The van der Waals surface area contributed by atoms with Crippen LogP contribution in [0.15, 0.2) is 40.1 Å². The molecule has 0 aliphatic carbocycles. The Labute approximate surface area is 160 Å². The van der Waals surface area contributed by atoms with E-state index in [9.17, 15) is 4.79 Å². The van der Waals surface area contributed by atoms with E-state index in [0.717, 1.165) is 11.8 Å². The highest BCUT2D eigenvalue weighted by atomic mass is 35.5. The third-order valence-electron chi connectivity index (χ3n) is 2.78. The molecule has 0 fully saturated rings. The first-order chi connectivity index (χ1) is 11.9. The summed E-state index contributed by atoms with van der Waals surface area (Å²) in [5.41, 5.74) is 4.03. The van der Waals surface area contributed by atoms with E-state index in [4.69, 9.17) is 33.2 Å². The van der Waals surface area contributed by atoms with Gasteiger partial charge >= 0.3 is 5.97 Å². The summed E-state index contributed by atoms with van der Waals surface area (Å²) in [5.74, 6) is -0.718. The van der Waals surface area contributed by atoms with Gasteiger partial charge in [0.2, 0.25) is 0 Å². The predicted molar refractivity (Wildman–Crippen MR) is 103 cm³/mol. The Morgan fingerprint density at radius 3 is 2.72 bits per heavy atom. The van der Waals surface area contributed by atoms with Crippen molar-refractivity contribution < 1.29 is 9.53 Å². The third-order valence-corrected chi connectivity index (χ3v) is 4.10. The number of hydrogen-bond acceptors (Lipinski definition) is 6. The molecule has 1 aromatic carbocycles. The minimum absolute atomic E-state index is 0.183. The lowest BCUT2D eigenvalue weighted by atomic mass is 10.1. The molecule has 1 aromatic rings. The van der Waals surface area contributed by atoms with Crippen molar-refractivity contribution in [3.63, 3.8) is 0 Å². The molecule has 132 valence electrons. The summed E-state index contributed by atoms with van der Waals surface area (Å²) < 4.78 is 4.76. The monoisotopic (exact) mass is 398 g/mol. The molecule has 0 saturated heterocycles. The molecule has 0 heterocycles. The summed E-state index contributed by atoms with van der Waals surface area (Å²) in [4.78, 5) is 15.6. The van der Waals surface area contributed by atoms with Gasteiger partial charge in [-0.25, -0.2) is 9.79 Å². The van der Waals surface area contributed by atoms with Gasteiger partial charge in [-0.15, -0.1) is 0 Å². The number of hydrogen-bond donors (Lipinski definition) is 1. The van der Waals surface area contributed by atoms with Crippen LogP contribution in [0.1, 0.15) is 19.4 Å². The van der Waals surface area contributed by atoms with Crippen molar-refractivity contribution in [2.45, 2.75) is 13.8 Å². The van der Waals surface area contributed by atoms with E-state index < -0.39 is 5.97 Å². The van der Waals surface area contributed by atoms with Gasteiger partial charge in [0.15, 0.2) is 10.7 Å². The average Bonchev–Trinajstić information content (AvgIpc) is 2.60. The smallest absolute Gasteiger partial charge is 0.350 e. The summed E-state index contributed by atoms with van der Waals surface area (Å²) in [5, 5.41) is 14.5. The number of hydrazone groups is 1. The molecule has 0 amide bonds. The number of ether oxygens (including phenoxy) is 1. The molecule has 1 N–H and O–H groups in total. The first kappa shape index (κ1) is 21.0. The van der Waals surface area contributed by atoms with Crippen LogP contribution in [0.4, 0.5) is 0 Å². The maximum atomic E-state index is 11.5. The molecular formula is C16H16Cl2N4O2S. The topological polar surface area (TPSA) is 86.8 Å². The van der Waals surface area contributed by atoms with Crippen LogP contribution >= 0.6 is 35.0 Å². The fourth-order valence-electron chi connectivity index (χ4n) is 1.50. The van der Waals surface area contributed by atoms with E-state index in [1.54, 1.807) is 44.4 Å². The van der Waals surface area contributed by atoms with Gasteiger partial charge in [0.1, 0.15) is 6.07 Å². The highest BCUT2D eigenvalue weighted by Crippen LogP contribution is 2.22. The summed E-state index contributed by atoms with van der Waals surface area (Å²) in [6, 6.07) is 6.93. The molecule has 0 saturated carbocycles.